The minimum absolute atomic E-state index is 0.0538. The molecule has 8 atom stereocenters. The smallest absolute Gasteiger partial charge is 0.315 e. The lowest BCUT2D eigenvalue weighted by molar-refractivity contribution is -0.138. The Balaban J connectivity index is 1.43. The summed E-state index contributed by atoms with van der Waals surface area (Å²) >= 11 is 1.83. The number of hydrogen-bond donors (Lipinski definition) is 13. The summed E-state index contributed by atoms with van der Waals surface area (Å²) in [4.78, 5) is 113. The summed E-state index contributed by atoms with van der Waals surface area (Å²) in [5.41, 5.74) is 7.44. The Morgan fingerprint density at radius 1 is 0.797 bits per heavy atom. The zero-order valence-corrected chi connectivity index (χ0v) is 37.2. The molecule has 14 N–H and O–H groups in total. The molecule has 2 aliphatic rings. The molecule has 10 amide bonds. The predicted octanol–water partition coefficient (Wildman–Crippen LogP) is -1.94. The molecule has 0 saturated carbocycles. The Kier molecular flexibility index (Phi) is 22.1. The number of aromatic hydroxyl groups is 1. The lowest BCUT2D eigenvalue weighted by Crippen LogP contribution is -2.58. The van der Waals surface area contributed by atoms with E-state index in [1.54, 1.807) is 13.8 Å². The first-order valence-corrected chi connectivity index (χ1v) is 22.5. The first-order chi connectivity index (χ1) is 30.4. The van der Waals surface area contributed by atoms with Gasteiger partial charge in [-0.15, -0.1) is 0 Å². The molecular weight excluding hydrogens is 857 g/mol. The van der Waals surface area contributed by atoms with Gasteiger partial charge in [0, 0.05) is 42.7 Å². The zero-order chi connectivity index (χ0) is 47.3. The van der Waals surface area contributed by atoms with Crippen molar-refractivity contribution < 1.29 is 58.6 Å². The van der Waals surface area contributed by atoms with Gasteiger partial charge < -0.3 is 58.5 Å². The molecule has 64 heavy (non-hydrogen) atoms. The maximum Gasteiger partial charge on any atom is 0.315 e. The number of aliphatic hydroxyl groups is 1. The van der Waals surface area contributed by atoms with Crippen LogP contribution in [0.1, 0.15) is 84.1 Å². The van der Waals surface area contributed by atoms with Crippen LogP contribution < -0.4 is 53.7 Å². The maximum absolute atomic E-state index is 13.5. The number of benzene rings is 1. The van der Waals surface area contributed by atoms with Gasteiger partial charge in [-0.2, -0.15) is 11.8 Å². The third-order valence-corrected chi connectivity index (χ3v) is 12.1. The standard InChI is InChI=1S/C41H64N10O12S/c1-22(2)16-25(18-32(55)51-63)38(59)49-35(23(3)52)40(61)47-28(17-24-11-13-26(53)14-12-24)39(60)45-19-33(56)44-20-34(57)46-27(37(42)58)8-6-7-15-43-31(54)10-5-4-9-30-36-29(21-64-30)48-41(62)50-36/h11-14,22-23,25,27-30,35-36,52-53,63H,4-10,15-21H2,1-3H3,(H2,42,58)(H,43,54)(H,44,56)(H,45,60)(H,46,57)(H,47,61)(H,49,59)(H,51,55)(H2,48,50,62)/t23-,25?,27+,28+,29+,30+,35+,36+/m1/s1. The van der Waals surface area contributed by atoms with Crippen molar-refractivity contribution in [3.05, 3.63) is 29.8 Å². The van der Waals surface area contributed by atoms with Gasteiger partial charge in [-0.3, -0.25) is 43.6 Å². The number of hydroxylamine groups is 1. The van der Waals surface area contributed by atoms with Crippen LogP contribution in [0.3, 0.4) is 0 Å². The van der Waals surface area contributed by atoms with Crippen LogP contribution >= 0.6 is 11.8 Å². The minimum atomic E-state index is -1.58. The van der Waals surface area contributed by atoms with Crippen LogP contribution in [0.5, 0.6) is 5.75 Å². The molecule has 1 aromatic rings. The van der Waals surface area contributed by atoms with Crippen LogP contribution in [-0.4, -0.2) is 136 Å². The van der Waals surface area contributed by atoms with Crippen LogP contribution in [-0.2, 0) is 44.8 Å². The molecular formula is C41H64N10O12S. The van der Waals surface area contributed by atoms with Crippen molar-refractivity contribution >= 4 is 65.1 Å². The van der Waals surface area contributed by atoms with E-state index in [4.69, 9.17) is 10.9 Å². The van der Waals surface area contributed by atoms with Crippen LogP contribution in [0, 0.1) is 11.8 Å². The first-order valence-electron chi connectivity index (χ1n) is 21.4. The number of unbranched alkanes of at least 4 members (excludes halogenated alkanes) is 2. The quantitative estimate of drug-likeness (QED) is 0.0189. The molecule has 0 aliphatic carbocycles. The van der Waals surface area contributed by atoms with E-state index in [0.29, 0.717) is 43.0 Å². The highest BCUT2D eigenvalue weighted by molar-refractivity contribution is 8.00. The number of primary amides is 1. The summed E-state index contributed by atoms with van der Waals surface area (Å²) in [6, 6.07) is 1.85. The van der Waals surface area contributed by atoms with Crippen molar-refractivity contribution in [1.29, 1.82) is 0 Å². The van der Waals surface area contributed by atoms with Gasteiger partial charge in [-0.05, 0) is 69.1 Å². The zero-order valence-electron chi connectivity index (χ0n) is 36.4. The van der Waals surface area contributed by atoms with E-state index in [1.807, 2.05) is 11.8 Å². The van der Waals surface area contributed by atoms with Gasteiger partial charge in [0.15, 0.2) is 0 Å². The largest absolute Gasteiger partial charge is 0.508 e. The molecule has 0 spiro atoms. The van der Waals surface area contributed by atoms with Gasteiger partial charge >= 0.3 is 6.03 Å². The highest BCUT2D eigenvalue weighted by Crippen LogP contribution is 2.33. The fourth-order valence-corrected chi connectivity index (χ4v) is 8.81. The summed E-state index contributed by atoms with van der Waals surface area (Å²) in [6.45, 7) is 4.00. The Labute approximate surface area is 375 Å². The summed E-state index contributed by atoms with van der Waals surface area (Å²) < 4.78 is 0. The number of phenolic OH excluding ortho intramolecular Hbond substituents is 1. The third kappa shape index (κ3) is 18.6. The molecule has 356 valence electrons. The number of nitrogens with two attached hydrogens (primary N) is 1. The van der Waals surface area contributed by atoms with Crippen molar-refractivity contribution in [2.45, 2.75) is 127 Å². The van der Waals surface area contributed by atoms with Gasteiger partial charge in [-0.25, -0.2) is 10.3 Å². The molecule has 0 bridgehead atoms. The number of thioether (sulfide) groups is 1. The number of urea groups is 1. The number of fused-ring (bicyclic) bond motifs is 1. The Bertz CT molecular complexity index is 1790. The van der Waals surface area contributed by atoms with Gasteiger partial charge in [0.2, 0.25) is 47.3 Å². The Hall–Kier alpha value is -5.68. The van der Waals surface area contributed by atoms with E-state index in [0.717, 1.165) is 18.6 Å². The number of carbonyl (C=O) groups excluding carboxylic acids is 9. The Morgan fingerprint density at radius 3 is 2.16 bits per heavy atom. The highest BCUT2D eigenvalue weighted by Gasteiger charge is 2.42. The summed E-state index contributed by atoms with van der Waals surface area (Å²) in [7, 11) is 0. The number of carbonyl (C=O) groups is 9. The van der Waals surface area contributed by atoms with Crippen LogP contribution in [0.25, 0.3) is 0 Å². The second-order valence-electron chi connectivity index (χ2n) is 16.5. The van der Waals surface area contributed by atoms with Crippen molar-refractivity contribution in [2.75, 3.05) is 25.4 Å². The molecule has 1 unspecified atom stereocenters. The number of hydrogen-bond acceptors (Lipinski definition) is 13. The summed E-state index contributed by atoms with van der Waals surface area (Å²) in [5, 5.41) is 50.3. The van der Waals surface area contributed by atoms with E-state index in [-0.39, 0.29) is 55.0 Å². The lowest BCUT2D eigenvalue weighted by atomic mass is 9.92. The molecule has 2 fully saturated rings. The SMILES string of the molecule is CC(C)CC(CC(=O)NO)C(=O)N[C@H](C(=O)N[C@@H](Cc1ccc(O)cc1)C(=O)NCC(=O)NCC(=O)N[C@@H](CCCCNC(=O)CCCC[C@@H]1SC[C@@H]2NC(=O)N[C@@H]21)C(N)=O)[C@@H](C)O. The van der Waals surface area contributed by atoms with E-state index in [9.17, 15) is 53.4 Å². The van der Waals surface area contributed by atoms with Crippen molar-refractivity contribution in [2.24, 2.45) is 17.6 Å². The second kappa shape index (κ2) is 26.8. The van der Waals surface area contributed by atoms with Gasteiger partial charge in [0.25, 0.3) is 0 Å². The van der Waals surface area contributed by atoms with Crippen molar-refractivity contribution in [3.63, 3.8) is 0 Å². The van der Waals surface area contributed by atoms with Crippen molar-refractivity contribution in [1.82, 2.24) is 48.0 Å². The van der Waals surface area contributed by atoms with E-state index >= 15 is 0 Å². The number of nitrogens with one attached hydrogen (secondary N) is 9. The third-order valence-electron chi connectivity index (χ3n) is 10.6. The van der Waals surface area contributed by atoms with E-state index < -0.39 is 91.0 Å². The number of amides is 10. The fraction of sp³-hybridized carbons (Fsp3) is 0.634. The molecule has 2 heterocycles. The first kappa shape index (κ1) is 52.7. The van der Waals surface area contributed by atoms with Crippen LogP contribution in [0.4, 0.5) is 4.79 Å². The highest BCUT2D eigenvalue weighted by atomic mass is 32.2. The molecule has 22 nitrogen and oxygen atoms in total. The van der Waals surface area contributed by atoms with E-state index in [2.05, 4.69) is 42.5 Å². The maximum atomic E-state index is 13.5. The topological polar surface area (TPSA) is 349 Å². The second-order valence-corrected chi connectivity index (χ2v) is 17.7. The van der Waals surface area contributed by atoms with E-state index in [1.165, 1.54) is 36.7 Å². The molecule has 3 rings (SSSR count). The molecule has 23 heteroatoms. The van der Waals surface area contributed by atoms with Gasteiger partial charge in [0.1, 0.15) is 23.9 Å². The average molecular weight is 921 g/mol. The summed E-state index contributed by atoms with van der Waals surface area (Å²) in [6.07, 6.45) is 2.18. The molecule has 0 radical (unpaired) electrons. The monoisotopic (exact) mass is 920 g/mol. The summed E-state index contributed by atoms with van der Waals surface area (Å²) in [5.74, 6) is -6.01. The van der Waals surface area contributed by atoms with Crippen LogP contribution in [0.15, 0.2) is 24.3 Å². The number of rotatable bonds is 28. The lowest BCUT2D eigenvalue weighted by Gasteiger charge is -2.27. The molecule has 2 saturated heterocycles. The molecule has 2 aliphatic heterocycles. The fourth-order valence-electron chi connectivity index (χ4n) is 7.26. The van der Waals surface area contributed by atoms with Gasteiger partial charge in [-0.1, -0.05) is 32.4 Å². The minimum Gasteiger partial charge on any atom is -0.508 e. The average Bonchev–Trinajstić information content (AvgIpc) is 3.80. The molecule has 0 aromatic heterocycles. The predicted molar refractivity (Wildman–Crippen MR) is 233 cm³/mol. The number of aliphatic hydroxyl groups excluding tert-OH is 1. The van der Waals surface area contributed by atoms with Crippen LogP contribution in [0.2, 0.25) is 0 Å². The number of phenols is 1. The Morgan fingerprint density at radius 2 is 1.50 bits per heavy atom. The van der Waals surface area contributed by atoms with Gasteiger partial charge in [0.05, 0.1) is 31.3 Å². The normalized spacial score (nSPS) is 18.7. The van der Waals surface area contributed by atoms with Crippen molar-refractivity contribution in [3.8, 4) is 5.75 Å². The molecule has 1 aromatic carbocycles.